The average Bonchev–Trinajstić information content (AvgIpc) is 3.24. The molecule has 0 radical (unpaired) electrons. The number of carbonyl (C=O) groups excluding carboxylic acids is 1. The van der Waals surface area contributed by atoms with Gasteiger partial charge in [-0.1, -0.05) is 24.6 Å². The molecular weight excluding hydrogens is 288 g/mol. The van der Waals surface area contributed by atoms with Crippen molar-refractivity contribution < 1.29 is 9.53 Å². The molecule has 0 unspecified atom stereocenters. The van der Waals surface area contributed by atoms with Gasteiger partial charge in [-0.25, -0.2) is 0 Å². The molecule has 2 aliphatic carbocycles. The molecule has 3 atom stereocenters. The summed E-state index contributed by atoms with van der Waals surface area (Å²) in [4.78, 5) is 16.9. The number of hydrogen-bond acceptors (Lipinski definition) is 3. The number of benzene rings is 1. The summed E-state index contributed by atoms with van der Waals surface area (Å²) in [6.07, 6.45) is 5.74. The van der Waals surface area contributed by atoms with Crippen LogP contribution in [0.15, 0.2) is 30.3 Å². The van der Waals surface area contributed by atoms with Gasteiger partial charge in [0, 0.05) is 32.2 Å². The lowest BCUT2D eigenvalue weighted by molar-refractivity contribution is -0.135. The number of rotatable bonds is 4. The van der Waals surface area contributed by atoms with E-state index in [0.29, 0.717) is 0 Å². The van der Waals surface area contributed by atoms with E-state index in [2.05, 4.69) is 4.90 Å². The summed E-state index contributed by atoms with van der Waals surface area (Å²) in [6.45, 7) is 3.92. The molecule has 1 aliphatic heterocycles. The second-order valence-electron chi connectivity index (χ2n) is 7.26. The Morgan fingerprint density at radius 2 is 1.83 bits per heavy atom. The number of hydrogen-bond donors (Lipinski definition) is 0. The maximum atomic E-state index is 12.3. The first kappa shape index (κ1) is 15.0. The topological polar surface area (TPSA) is 32.8 Å². The Hall–Kier alpha value is -1.55. The van der Waals surface area contributed by atoms with E-state index < -0.39 is 0 Å². The number of carbonyl (C=O) groups is 1. The van der Waals surface area contributed by atoms with Crippen molar-refractivity contribution >= 4 is 5.91 Å². The fourth-order valence-corrected chi connectivity index (χ4v) is 4.71. The first-order valence-corrected chi connectivity index (χ1v) is 8.99. The fourth-order valence-electron chi connectivity index (χ4n) is 4.71. The molecule has 4 heteroatoms. The molecule has 0 N–H and O–H groups in total. The minimum Gasteiger partial charge on any atom is -0.484 e. The summed E-state index contributed by atoms with van der Waals surface area (Å²) in [5.41, 5.74) is 0. The molecule has 4 rings (SSSR count). The Labute approximate surface area is 138 Å². The van der Waals surface area contributed by atoms with Crippen LogP contribution >= 0.6 is 0 Å². The van der Waals surface area contributed by atoms with Crippen molar-refractivity contribution in [1.82, 2.24) is 9.80 Å². The zero-order valence-electron chi connectivity index (χ0n) is 13.7. The van der Waals surface area contributed by atoms with Crippen molar-refractivity contribution in [1.29, 1.82) is 0 Å². The molecule has 2 bridgehead atoms. The molecule has 0 aromatic heterocycles. The zero-order valence-corrected chi connectivity index (χ0v) is 13.7. The summed E-state index contributed by atoms with van der Waals surface area (Å²) < 4.78 is 5.58. The lowest BCUT2D eigenvalue weighted by atomic mass is 9.93. The van der Waals surface area contributed by atoms with Crippen LogP contribution in [0.3, 0.4) is 0 Å². The predicted octanol–water partition coefficient (Wildman–Crippen LogP) is 2.40. The number of nitrogens with zero attached hydrogens (tertiary/aromatic N) is 2. The fraction of sp³-hybridized carbons (Fsp3) is 0.632. The van der Waals surface area contributed by atoms with E-state index in [1.54, 1.807) is 0 Å². The molecule has 1 amide bonds. The maximum Gasteiger partial charge on any atom is 0.260 e. The summed E-state index contributed by atoms with van der Waals surface area (Å²) >= 11 is 0. The third-order valence-electron chi connectivity index (χ3n) is 5.94. The average molecular weight is 314 g/mol. The van der Waals surface area contributed by atoms with Crippen LogP contribution in [0.1, 0.15) is 25.7 Å². The number of ether oxygens (including phenoxy) is 1. The van der Waals surface area contributed by atoms with Crippen molar-refractivity contribution in [3.8, 4) is 5.75 Å². The Bertz CT molecular complexity index is 540. The van der Waals surface area contributed by atoms with Crippen LogP contribution in [0.2, 0.25) is 0 Å². The van der Waals surface area contributed by atoms with Crippen molar-refractivity contribution in [2.45, 2.75) is 31.7 Å². The highest BCUT2D eigenvalue weighted by Gasteiger charge is 2.42. The van der Waals surface area contributed by atoms with Gasteiger partial charge in [0.2, 0.25) is 0 Å². The number of para-hydroxylation sites is 1. The molecule has 1 saturated heterocycles. The Balaban J connectivity index is 1.24. The van der Waals surface area contributed by atoms with Crippen LogP contribution in [0, 0.1) is 11.8 Å². The van der Waals surface area contributed by atoms with Crippen LogP contribution in [-0.4, -0.2) is 54.5 Å². The molecule has 1 heterocycles. The zero-order chi connectivity index (χ0) is 15.6. The van der Waals surface area contributed by atoms with E-state index in [9.17, 15) is 4.79 Å². The molecule has 1 aromatic rings. The summed E-state index contributed by atoms with van der Waals surface area (Å²) in [6, 6.07) is 10.4. The molecule has 3 aliphatic rings. The molecule has 23 heavy (non-hydrogen) atoms. The van der Waals surface area contributed by atoms with Crippen molar-refractivity contribution in [3.05, 3.63) is 30.3 Å². The van der Waals surface area contributed by atoms with Gasteiger partial charge in [-0.3, -0.25) is 9.69 Å². The smallest absolute Gasteiger partial charge is 0.260 e. The van der Waals surface area contributed by atoms with Crippen molar-refractivity contribution in [2.75, 3.05) is 32.8 Å². The van der Waals surface area contributed by atoms with Gasteiger partial charge in [0.1, 0.15) is 5.75 Å². The Kier molecular flexibility index (Phi) is 4.25. The summed E-state index contributed by atoms with van der Waals surface area (Å²) in [7, 11) is 0. The molecule has 124 valence electrons. The second kappa shape index (κ2) is 6.52. The molecular formula is C19H26N2O2. The molecule has 0 spiro atoms. The standard InChI is InChI=1S/C19H26N2O2/c22-19(14-23-17-4-2-1-3-5-17)21-10-8-20(9-11-21)18-13-15-6-7-16(18)12-15/h1-5,15-16,18H,6-14H2/t15-,16-,18-/m1/s1. The van der Waals surface area contributed by atoms with Crippen LogP contribution in [-0.2, 0) is 4.79 Å². The van der Waals surface area contributed by atoms with Gasteiger partial charge in [0.25, 0.3) is 5.91 Å². The first-order valence-electron chi connectivity index (χ1n) is 8.99. The Morgan fingerprint density at radius 3 is 2.48 bits per heavy atom. The molecule has 4 nitrogen and oxygen atoms in total. The maximum absolute atomic E-state index is 12.3. The van der Waals surface area contributed by atoms with Crippen LogP contribution < -0.4 is 4.74 Å². The van der Waals surface area contributed by atoms with Crippen LogP contribution in [0.5, 0.6) is 5.75 Å². The van der Waals surface area contributed by atoms with Gasteiger partial charge in [-0.15, -0.1) is 0 Å². The quantitative estimate of drug-likeness (QED) is 0.855. The lowest BCUT2D eigenvalue weighted by Crippen LogP contribution is -2.53. The predicted molar refractivity (Wildman–Crippen MR) is 89.3 cm³/mol. The van der Waals surface area contributed by atoms with Crippen LogP contribution in [0.4, 0.5) is 0 Å². The van der Waals surface area contributed by atoms with Gasteiger partial charge in [0.05, 0.1) is 0 Å². The number of fused-ring (bicyclic) bond motifs is 2. The van der Waals surface area contributed by atoms with E-state index >= 15 is 0 Å². The number of amides is 1. The highest BCUT2D eigenvalue weighted by atomic mass is 16.5. The lowest BCUT2D eigenvalue weighted by Gasteiger charge is -2.41. The van der Waals surface area contributed by atoms with Crippen LogP contribution in [0.25, 0.3) is 0 Å². The van der Waals surface area contributed by atoms with Gasteiger partial charge in [0.15, 0.2) is 6.61 Å². The van der Waals surface area contributed by atoms with E-state index in [-0.39, 0.29) is 12.5 Å². The molecule has 3 fully saturated rings. The second-order valence-corrected chi connectivity index (χ2v) is 7.26. The van der Waals surface area contributed by atoms with E-state index in [0.717, 1.165) is 49.8 Å². The third-order valence-corrected chi connectivity index (χ3v) is 5.94. The van der Waals surface area contributed by atoms with Crippen molar-refractivity contribution in [3.63, 3.8) is 0 Å². The largest absolute Gasteiger partial charge is 0.484 e. The van der Waals surface area contributed by atoms with E-state index in [1.165, 1.54) is 25.7 Å². The minimum atomic E-state index is 0.112. The summed E-state index contributed by atoms with van der Waals surface area (Å²) in [5, 5.41) is 0. The highest BCUT2D eigenvalue weighted by Crippen LogP contribution is 2.46. The first-order chi connectivity index (χ1) is 11.3. The Morgan fingerprint density at radius 1 is 1.04 bits per heavy atom. The van der Waals surface area contributed by atoms with E-state index in [4.69, 9.17) is 4.74 Å². The van der Waals surface area contributed by atoms with Gasteiger partial charge in [-0.2, -0.15) is 0 Å². The molecule has 2 saturated carbocycles. The van der Waals surface area contributed by atoms with Crippen molar-refractivity contribution in [2.24, 2.45) is 11.8 Å². The van der Waals surface area contributed by atoms with E-state index in [1.807, 2.05) is 35.2 Å². The van der Waals surface area contributed by atoms with Gasteiger partial charge < -0.3 is 9.64 Å². The third kappa shape index (κ3) is 3.23. The van der Waals surface area contributed by atoms with Gasteiger partial charge >= 0.3 is 0 Å². The normalized spacial score (nSPS) is 30.6. The highest BCUT2D eigenvalue weighted by molar-refractivity contribution is 5.77. The number of piperazine rings is 1. The SMILES string of the molecule is O=C(COc1ccccc1)N1CCN([C@@H]2C[C@@H]3CC[C@@H]2C3)CC1. The minimum absolute atomic E-state index is 0.112. The monoisotopic (exact) mass is 314 g/mol. The summed E-state index contributed by atoms with van der Waals surface area (Å²) in [5.74, 6) is 2.80. The van der Waals surface area contributed by atoms with Gasteiger partial charge in [-0.05, 0) is 43.2 Å². The molecule has 1 aromatic carbocycles.